The number of nitrogens with zero attached hydrogens (tertiary/aromatic N) is 2. The number of piperazine rings is 1. The number of hydrogen-bond acceptors (Lipinski definition) is 5. The van der Waals surface area contributed by atoms with Gasteiger partial charge >= 0.3 is 0 Å². The van der Waals surface area contributed by atoms with Crippen molar-refractivity contribution in [3.8, 4) is 5.75 Å². The molecule has 1 aliphatic heterocycles. The van der Waals surface area contributed by atoms with Crippen LogP contribution >= 0.6 is 0 Å². The Morgan fingerprint density at radius 2 is 1.52 bits per heavy atom. The zero-order chi connectivity index (χ0) is 22.1. The molecule has 1 fully saturated rings. The molecule has 5 nitrogen and oxygen atoms in total. The molecular weight excluding hydrogens is 388 g/mol. The second-order valence-corrected chi connectivity index (χ2v) is 9.41. The largest absolute Gasteiger partial charge is 0.491 e. The van der Waals surface area contributed by atoms with E-state index >= 15 is 0 Å². The number of aliphatic hydroxyl groups is 1. The third-order valence-corrected chi connectivity index (χ3v) is 5.71. The molecule has 1 aliphatic rings. The third kappa shape index (κ3) is 8.26. The van der Waals surface area contributed by atoms with Gasteiger partial charge < -0.3 is 14.6 Å². The summed E-state index contributed by atoms with van der Waals surface area (Å²) in [6.07, 6.45) is -0.466. The highest BCUT2D eigenvalue weighted by Gasteiger charge is 2.19. The lowest BCUT2D eigenvalue weighted by atomic mass is 9.87. The topological polar surface area (TPSA) is 45.2 Å². The highest BCUT2D eigenvalue weighted by atomic mass is 16.5. The third-order valence-electron chi connectivity index (χ3n) is 5.71. The first-order valence-electron chi connectivity index (χ1n) is 11.4. The maximum Gasteiger partial charge on any atom is 0.119 e. The van der Waals surface area contributed by atoms with Crippen LogP contribution in [0.1, 0.15) is 31.9 Å². The van der Waals surface area contributed by atoms with Gasteiger partial charge in [0, 0.05) is 39.3 Å². The zero-order valence-corrected chi connectivity index (χ0v) is 19.3. The fourth-order valence-electron chi connectivity index (χ4n) is 3.81. The standard InChI is InChI=1S/C26H38N2O3/c1-26(2,3)23-9-11-25(12-10-23)31-18-17-30-21-24(29)20-28-15-13-27(14-16-28)19-22-7-5-4-6-8-22/h4-12,24,29H,13-21H2,1-3H3. The molecule has 0 spiro atoms. The van der Waals surface area contributed by atoms with Crippen LogP contribution in [0.25, 0.3) is 0 Å². The van der Waals surface area contributed by atoms with Gasteiger partial charge in [-0.3, -0.25) is 9.80 Å². The predicted octanol–water partition coefficient (Wildman–Crippen LogP) is 3.56. The Balaban J connectivity index is 1.25. The molecule has 0 amide bonds. The lowest BCUT2D eigenvalue weighted by molar-refractivity contribution is -0.000437. The van der Waals surface area contributed by atoms with E-state index in [1.165, 1.54) is 11.1 Å². The molecule has 0 bridgehead atoms. The zero-order valence-electron chi connectivity index (χ0n) is 19.3. The average Bonchev–Trinajstić information content (AvgIpc) is 2.75. The van der Waals surface area contributed by atoms with E-state index < -0.39 is 6.10 Å². The molecule has 1 unspecified atom stereocenters. The Hall–Kier alpha value is -1.92. The number of hydrogen-bond donors (Lipinski definition) is 1. The van der Waals surface area contributed by atoms with Crippen molar-refractivity contribution in [1.29, 1.82) is 0 Å². The molecule has 170 valence electrons. The van der Waals surface area contributed by atoms with E-state index in [1.807, 2.05) is 12.1 Å². The van der Waals surface area contributed by atoms with Crippen molar-refractivity contribution in [1.82, 2.24) is 9.80 Å². The lowest BCUT2D eigenvalue weighted by Crippen LogP contribution is -2.48. The van der Waals surface area contributed by atoms with Crippen LogP contribution in [-0.4, -0.2) is 73.6 Å². The number of rotatable bonds is 10. The highest BCUT2D eigenvalue weighted by Crippen LogP contribution is 2.24. The van der Waals surface area contributed by atoms with Gasteiger partial charge in [-0.05, 0) is 28.7 Å². The van der Waals surface area contributed by atoms with Gasteiger partial charge in [0.05, 0.1) is 19.3 Å². The van der Waals surface area contributed by atoms with Gasteiger partial charge in [-0.25, -0.2) is 0 Å². The molecule has 2 aromatic carbocycles. The molecule has 2 aromatic rings. The molecule has 31 heavy (non-hydrogen) atoms. The second-order valence-electron chi connectivity index (χ2n) is 9.41. The van der Waals surface area contributed by atoms with Crippen molar-refractivity contribution in [2.24, 2.45) is 0 Å². The minimum Gasteiger partial charge on any atom is -0.491 e. The van der Waals surface area contributed by atoms with Gasteiger partial charge in [-0.2, -0.15) is 0 Å². The first-order valence-corrected chi connectivity index (χ1v) is 11.4. The molecule has 0 aliphatic carbocycles. The Bertz CT molecular complexity index is 750. The van der Waals surface area contributed by atoms with E-state index in [-0.39, 0.29) is 5.41 Å². The maximum atomic E-state index is 10.3. The number of aliphatic hydroxyl groups excluding tert-OH is 1. The summed E-state index contributed by atoms with van der Waals surface area (Å²) in [7, 11) is 0. The summed E-state index contributed by atoms with van der Waals surface area (Å²) in [5.74, 6) is 0.852. The first-order chi connectivity index (χ1) is 14.9. The summed E-state index contributed by atoms with van der Waals surface area (Å²) in [5, 5.41) is 10.3. The molecular formula is C26H38N2O3. The summed E-state index contributed by atoms with van der Waals surface area (Å²) in [4.78, 5) is 4.79. The summed E-state index contributed by atoms with van der Waals surface area (Å²) >= 11 is 0. The first kappa shape index (κ1) is 23.7. The van der Waals surface area contributed by atoms with Crippen LogP contribution < -0.4 is 4.74 Å². The quantitative estimate of drug-likeness (QED) is 0.589. The fourth-order valence-corrected chi connectivity index (χ4v) is 3.81. The lowest BCUT2D eigenvalue weighted by Gasteiger charge is -2.35. The number of ether oxygens (including phenoxy) is 2. The number of benzene rings is 2. The SMILES string of the molecule is CC(C)(C)c1ccc(OCCOCC(O)CN2CCN(Cc3ccccc3)CC2)cc1. The van der Waals surface area contributed by atoms with Crippen LogP contribution in [0.2, 0.25) is 0 Å². The van der Waals surface area contributed by atoms with E-state index in [0.29, 0.717) is 26.4 Å². The van der Waals surface area contributed by atoms with Gasteiger partial charge in [0.25, 0.3) is 0 Å². The van der Waals surface area contributed by atoms with Crippen LogP contribution in [0.4, 0.5) is 0 Å². The Labute approximate surface area is 187 Å². The van der Waals surface area contributed by atoms with Crippen LogP contribution in [-0.2, 0) is 16.7 Å². The second kappa shape index (κ2) is 11.6. The highest BCUT2D eigenvalue weighted by molar-refractivity contribution is 5.31. The van der Waals surface area contributed by atoms with Crippen molar-refractivity contribution < 1.29 is 14.6 Å². The molecule has 0 aromatic heterocycles. The Kier molecular flexibility index (Phi) is 8.90. The molecule has 3 rings (SSSR count). The molecule has 5 heteroatoms. The van der Waals surface area contributed by atoms with Crippen molar-refractivity contribution >= 4 is 0 Å². The van der Waals surface area contributed by atoms with E-state index in [0.717, 1.165) is 38.5 Å². The van der Waals surface area contributed by atoms with Crippen LogP contribution in [0, 0.1) is 0 Å². The van der Waals surface area contributed by atoms with Crippen molar-refractivity contribution in [2.75, 3.05) is 52.5 Å². The summed E-state index contributed by atoms with van der Waals surface area (Å²) in [6.45, 7) is 13.6. The van der Waals surface area contributed by atoms with E-state index in [1.54, 1.807) is 0 Å². The van der Waals surface area contributed by atoms with E-state index in [2.05, 4.69) is 73.0 Å². The molecule has 1 saturated heterocycles. The van der Waals surface area contributed by atoms with Crippen molar-refractivity contribution in [3.05, 3.63) is 65.7 Å². The summed E-state index contributed by atoms with van der Waals surface area (Å²) in [6, 6.07) is 18.8. The average molecular weight is 427 g/mol. The van der Waals surface area contributed by atoms with Crippen LogP contribution in [0.15, 0.2) is 54.6 Å². The minimum atomic E-state index is -0.466. The van der Waals surface area contributed by atoms with Crippen molar-refractivity contribution in [2.45, 2.75) is 38.8 Å². The van der Waals surface area contributed by atoms with Crippen LogP contribution in [0.5, 0.6) is 5.75 Å². The van der Waals surface area contributed by atoms with Gasteiger partial charge in [0.15, 0.2) is 0 Å². The van der Waals surface area contributed by atoms with Gasteiger partial charge in [0.1, 0.15) is 12.4 Å². The molecule has 1 atom stereocenters. The molecule has 1 heterocycles. The molecule has 0 radical (unpaired) electrons. The molecule has 1 N–H and O–H groups in total. The van der Waals surface area contributed by atoms with Crippen molar-refractivity contribution in [3.63, 3.8) is 0 Å². The maximum absolute atomic E-state index is 10.3. The summed E-state index contributed by atoms with van der Waals surface area (Å²) in [5.41, 5.74) is 2.80. The van der Waals surface area contributed by atoms with E-state index in [9.17, 15) is 5.11 Å². The monoisotopic (exact) mass is 426 g/mol. The smallest absolute Gasteiger partial charge is 0.119 e. The number of β-amino-alcohol motifs (C(OH)–C–C–N with tert-alkyl or cyclic N) is 1. The summed E-state index contributed by atoms with van der Waals surface area (Å²) < 4.78 is 11.4. The van der Waals surface area contributed by atoms with Gasteiger partial charge in [-0.1, -0.05) is 63.2 Å². The van der Waals surface area contributed by atoms with Gasteiger partial charge in [0.2, 0.25) is 0 Å². The normalized spacial score (nSPS) is 16.9. The minimum absolute atomic E-state index is 0.145. The van der Waals surface area contributed by atoms with E-state index in [4.69, 9.17) is 9.47 Å². The molecule has 0 saturated carbocycles. The fraction of sp³-hybridized carbons (Fsp3) is 0.538. The predicted molar refractivity (Wildman–Crippen MR) is 126 cm³/mol. The Morgan fingerprint density at radius 1 is 0.871 bits per heavy atom. The van der Waals surface area contributed by atoms with Gasteiger partial charge in [-0.15, -0.1) is 0 Å². The van der Waals surface area contributed by atoms with Crippen LogP contribution in [0.3, 0.4) is 0 Å². The Morgan fingerprint density at radius 3 is 2.16 bits per heavy atom.